The lowest BCUT2D eigenvalue weighted by atomic mass is 9.87. The van der Waals surface area contributed by atoms with Gasteiger partial charge in [0.25, 0.3) is 0 Å². The van der Waals surface area contributed by atoms with E-state index < -0.39 is 0 Å². The minimum Gasteiger partial charge on any atom is -0.303 e. The molecule has 1 N–H and O–H groups in total. The Bertz CT molecular complexity index is 1460. The van der Waals surface area contributed by atoms with Crippen molar-refractivity contribution in [2.45, 2.75) is 92.9 Å². The minimum atomic E-state index is -0.389. The number of Topliss-reactive ketones (excluding diaryl/α,β-unsaturated/α-hetero) is 3. The highest BCUT2D eigenvalue weighted by atomic mass is 35.5. The van der Waals surface area contributed by atoms with E-state index >= 15 is 0 Å². The number of rotatable bonds is 14. The Morgan fingerprint density at radius 3 is 2.50 bits per heavy atom. The molecule has 0 spiro atoms. The van der Waals surface area contributed by atoms with Gasteiger partial charge < -0.3 is 5.41 Å². The van der Waals surface area contributed by atoms with Crippen LogP contribution in [0.2, 0.25) is 5.02 Å². The normalized spacial score (nSPS) is 15.3. The summed E-state index contributed by atoms with van der Waals surface area (Å²) >= 11 is 6.20. The lowest BCUT2D eigenvalue weighted by Crippen LogP contribution is -2.22. The van der Waals surface area contributed by atoms with Gasteiger partial charge >= 0.3 is 0 Å². The summed E-state index contributed by atoms with van der Waals surface area (Å²) in [5.74, 6) is -0.832. The van der Waals surface area contributed by atoms with Crippen molar-refractivity contribution < 1.29 is 14.4 Å². The van der Waals surface area contributed by atoms with Crippen LogP contribution in [-0.4, -0.2) is 35.3 Å². The van der Waals surface area contributed by atoms with E-state index in [0.29, 0.717) is 48.5 Å². The van der Waals surface area contributed by atoms with Crippen molar-refractivity contribution in [3.63, 3.8) is 0 Å². The maximum Gasteiger partial charge on any atom is 0.192 e. The number of nitrogens with one attached hydrogen (secondary N) is 1. The van der Waals surface area contributed by atoms with Gasteiger partial charge in [-0.05, 0) is 88.3 Å². The molecule has 2 rings (SSSR count). The van der Waals surface area contributed by atoms with Crippen LogP contribution in [0.15, 0.2) is 80.7 Å². The molecule has 1 aromatic carbocycles. The van der Waals surface area contributed by atoms with E-state index in [9.17, 15) is 14.4 Å². The number of nitrogens with zero attached hydrogens (tertiary/aromatic N) is 1. The molecule has 0 atom stereocenters. The fourth-order valence-corrected chi connectivity index (χ4v) is 5.06. The van der Waals surface area contributed by atoms with E-state index in [2.05, 4.69) is 16.5 Å². The van der Waals surface area contributed by atoms with Crippen LogP contribution in [0.4, 0.5) is 0 Å². The van der Waals surface area contributed by atoms with Crippen LogP contribution in [0.5, 0.6) is 0 Å². The zero-order valence-electron chi connectivity index (χ0n) is 25.9. The molecule has 0 bridgehead atoms. The number of carbonyl (C=O) groups is 3. The first-order valence-corrected chi connectivity index (χ1v) is 15.1. The fourth-order valence-electron chi connectivity index (χ4n) is 4.87. The zero-order valence-corrected chi connectivity index (χ0v) is 26.6. The van der Waals surface area contributed by atoms with Crippen molar-refractivity contribution in [2.24, 2.45) is 4.99 Å². The number of carbonyl (C=O) groups excluding carboxylic acids is 3. The third-order valence-electron chi connectivity index (χ3n) is 7.32. The van der Waals surface area contributed by atoms with Gasteiger partial charge in [0.1, 0.15) is 5.78 Å². The lowest BCUT2D eigenvalue weighted by Gasteiger charge is -2.15. The molecule has 0 aliphatic carbocycles. The smallest absolute Gasteiger partial charge is 0.192 e. The van der Waals surface area contributed by atoms with Crippen molar-refractivity contribution in [3.05, 3.63) is 91.9 Å². The number of halogens is 1. The Balaban J connectivity index is 2.39. The van der Waals surface area contributed by atoms with E-state index in [-0.39, 0.29) is 47.9 Å². The number of hydrogen-bond donors (Lipinski definition) is 1. The van der Waals surface area contributed by atoms with E-state index in [1.54, 1.807) is 12.2 Å². The predicted molar refractivity (Wildman–Crippen MR) is 174 cm³/mol. The van der Waals surface area contributed by atoms with Crippen LogP contribution in [0, 0.1) is 12.3 Å². The number of allylic oxidation sites excluding steroid dienone is 7. The highest BCUT2D eigenvalue weighted by Gasteiger charge is 2.26. The fraction of sp³-hybridized carbons (Fsp3) is 0.417. The van der Waals surface area contributed by atoms with E-state index in [0.717, 1.165) is 34.3 Å². The molecule has 0 fully saturated rings. The molecule has 1 aromatic rings. The Morgan fingerprint density at radius 1 is 1.12 bits per heavy atom. The number of ketones is 3. The summed E-state index contributed by atoms with van der Waals surface area (Å²) in [6, 6.07) is 5.59. The molecule has 0 saturated carbocycles. The average Bonchev–Trinajstić information content (AvgIpc) is 3.05. The van der Waals surface area contributed by atoms with E-state index in [1.807, 2.05) is 58.9 Å². The maximum atomic E-state index is 14.0. The first-order chi connectivity index (χ1) is 20.0. The molecule has 0 amide bonds. The Kier molecular flexibility index (Phi) is 14.3. The van der Waals surface area contributed by atoms with Crippen LogP contribution in [-0.2, 0) is 20.8 Å². The monoisotopic (exact) mass is 586 g/mol. The van der Waals surface area contributed by atoms with Crippen molar-refractivity contribution in [1.82, 2.24) is 0 Å². The molecule has 5 nitrogen and oxygen atoms in total. The highest BCUT2D eigenvalue weighted by Crippen LogP contribution is 2.25. The number of aliphatic imine (C=N–C) groups is 1. The molecule has 1 heterocycles. The lowest BCUT2D eigenvalue weighted by molar-refractivity contribution is -0.121. The Morgan fingerprint density at radius 2 is 1.86 bits per heavy atom. The van der Waals surface area contributed by atoms with Gasteiger partial charge in [-0.3, -0.25) is 19.4 Å². The van der Waals surface area contributed by atoms with E-state index in [1.165, 1.54) is 6.92 Å². The highest BCUT2D eigenvalue weighted by molar-refractivity contribution is 6.42. The molecule has 0 radical (unpaired) electrons. The van der Waals surface area contributed by atoms with Crippen LogP contribution < -0.4 is 0 Å². The van der Waals surface area contributed by atoms with Crippen LogP contribution in [0.1, 0.15) is 90.7 Å². The molecular weight excluding hydrogens is 544 g/mol. The van der Waals surface area contributed by atoms with Gasteiger partial charge in [0.15, 0.2) is 11.6 Å². The molecule has 222 valence electrons. The first kappa shape index (κ1) is 34.6. The number of hydrogen-bond acceptors (Lipinski definition) is 5. The number of aryl methyl sites for hydroxylation is 1. The molecule has 1 aliphatic heterocycles. The van der Waals surface area contributed by atoms with Crippen molar-refractivity contribution in [3.8, 4) is 0 Å². The van der Waals surface area contributed by atoms with Crippen LogP contribution in [0.3, 0.4) is 0 Å². The Hall–Kier alpha value is -3.62. The predicted octanol–water partition coefficient (Wildman–Crippen LogP) is 8.59. The standard InChI is InChI=1S/C36H43ClN2O3/c1-7-12-27(8-2)35(36(42)30(21-26(6)40)16-15-29-22-31(37)17-14-25(29)5)34(41)19-18-32(38)33-23-28(9-3)24(4)13-10-11-20-39-33/h9,11,14,16-17,22,38H,7-8,12,15,18-21,23H2,1-6H3/b24-11?,28-9?,30-16?,35-27-,38-32?,39-33?. The second-order valence-corrected chi connectivity index (χ2v) is 11.0. The summed E-state index contributed by atoms with van der Waals surface area (Å²) in [4.78, 5) is 44.6. The molecule has 0 unspecified atom stereocenters. The topological polar surface area (TPSA) is 87.4 Å². The SMILES string of the molecule is CC=C1CC(C(=N)CCC(=O)/C(C(=O)C(=CCc2cc(Cl)ccc2C)CC(C)=O)=C(\CC)CCC)=NCC=C=C=C1C. The van der Waals surface area contributed by atoms with E-state index in [4.69, 9.17) is 17.0 Å². The molecule has 0 aromatic heterocycles. The second kappa shape index (κ2) is 17.4. The van der Waals surface area contributed by atoms with Gasteiger partial charge in [-0.25, -0.2) is 0 Å². The minimum absolute atomic E-state index is 0.0149. The molecule has 0 saturated heterocycles. The van der Waals surface area contributed by atoms with Crippen LogP contribution >= 0.6 is 11.6 Å². The molecule has 6 heteroatoms. The molecule has 1 aliphatic rings. The third-order valence-corrected chi connectivity index (χ3v) is 7.56. The summed E-state index contributed by atoms with van der Waals surface area (Å²) in [5.41, 5.74) is 12.2. The Labute approximate surface area is 256 Å². The van der Waals surface area contributed by atoms with Crippen molar-refractivity contribution in [2.75, 3.05) is 6.54 Å². The van der Waals surface area contributed by atoms with Crippen molar-refractivity contribution >= 4 is 40.4 Å². The largest absolute Gasteiger partial charge is 0.303 e. The first-order valence-electron chi connectivity index (χ1n) is 14.7. The average molecular weight is 587 g/mol. The quantitative estimate of drug-likeness (QED) is 0.0778. The van der Waals surface area contributed by atoms with Gasteiger partial charge in [-0.2, -0.15) is 0 Å². The maximum absolute atomic E-state index is 14.0. The van der Waals surface area contributed by atoms with Gasteiger partial charge in [-0.15, -0.1) is 0 Å². The summed E-state index contributed by atoms with van der Waals surface area (Å²) in [5, 5.41) is 9.36. The summed E-state index contributed by atoms with van der Waals surface area (Å²) < 4.78 is 0. The third kappa shape index (κ3) is 10.3. The summed E-state index contributed by atoms with van der Waals surface area (Å²) in [6.07, 6.45) is 8.50. The molecule has 42 heavy (non-hydrogen) atoms. The zero-order chi connectivity index (χ0) is 31.2. The van der Waals surface area contributed by atoms with Crippen molar-refractivity contribution in [1.29, 1.82) is 5.41 Å². The van der Waals surface area contributed by atoms with Gasteiger partial charge in [0.2, 0.25) is 0 Å². The molecular formula is C36H43ClN2O3. The van der Waals surface area contributed by atoms with Gasteiger partial charge in [-0.1, -0.05) is 67.1 Å². The summed E-state index contributed by atoms with van der Waals surface area (Å²) in [7, 11) is 0. The summed E-state index contributed by atoms with van der Waals surface area (Å²) in [6.45, 7) is 11.7. The number of benzene rings is 1. The van der Waals surface area contributed by atoms with Crippen LogP contribution in [0.25, 0.3) is 0 Å². The van der Waals surface area contributed by atoms with Gasteiger partial charge in [0.05, 0.1) is 23.5 Å². The van der Waals surface area contributed by atoms with Gasteiger partial charge in [0, 0.05) is 35.4 Å². The second-order valence-electron chi connectivity index (χ2n) is 10.6.